The van der Waals surface area contributed by atoms with Crippen LogP contribution < -0.4 is 10.6 Å². The van der Waals surface area contributed by atoms with Crippen LogP contribution in [0.5, 0.6) is 0 Å². The maximum atomic E-state index is 11.1. The number of amides is 2. The minimum atomic E-state index is -1.62. The quantitative estimate of drug-likeness (QED) is 0.673. The van der Waals surface area contributed by atoms with E-state index in [2.05, 4.69) is 41.4 Å². The Bertz CT molecular complexity index is 588. The van der Waals surface area contributed by atoms with Crippen molar-refractivity contribution in [2.75, 3.05) is 13.5 Å². The van der Waals surface area contributed by atoms with Gasteiger partial charge in [0.15, 0.2) is 0 Å². The molecule has 0 aliphatic rings. The number of aromatic nitrogens is 2. The van der Waals surface area contributed by atoms with Gasteiger partial charge in [-0.15, -0.1) is 0 Å². The molecule has 0 aliphatic carbocycles. The van der Waals surface area contributed by atoms with Crippen molar-refractivity contribution in [2.24, 2.45) is 10.8 Å². The molecule has 1 aromatic rings. The third-order valence-electron chi connectivity index (χ3n) is 3.04. The first-order valence-electron chi connectivity index (χ1n) is 9.76. The largest absolute Gasteiger partial charge is 0.359 e. The van der Waals surface area contributed by atoms with Gasteiger partial charge in [0.25, 0.3) is 0 Å². The number of carbonyl (C=O) groups excluding carboxylic acids is 2. The molecule has 1 heterocycles. The summed E-state index contributed by atoms with van der Waals surface area (Å²) in [5.41, 5.74) is -0.610. The zero-order valence-electron chi connectivity index (χ0n) is 20.4. The standard InChI is InChI=1S/C7H12N2.C7H15NO.C6H13NO.CH4/c1-7(2,3)6-8-4-5-9-6;1-5-8-6(9)7(2,3)4;1-6(2,3)5(8)7-4;/h4-5H,1-3H3,(H,8,9);5H2,1-4H3,(H,8,9);1-4H3,(H,7,8);1H4/i;5D2;;. The molecule has 0 spiro atoms. The zero-order valence-corrected chi connectivity index (χ0v) is 18.4. The van der Waals surface area contributed by atoms with Gasteiger partial charge in [-0.05, 0) is 6.92 Å². The van der Waals surface area contributed by atoms with Crippen molar-refractivity contribution >= 4 is 11.8 Å². The smallest absolute Gasteiger partial charge is 0.225 e. The minimum absolute atomic E-state index is 0. The lowest BCUT2D eigenvalue weighted by molar-refractivity contribution is -0.128. The van der Waals surface area contributed by atoms with E-state index in [1.807, 2.05) is 27.0 Å². The molecule has 6 nitrogen and oxygen atoms in total. The second-order valence-electron chi connectivity index (χ2n) is 8.97. The van der Waals surface area contributed by atoms with Crippen molar-refractivity contribution in [2.45, 2.75) is 82.1 Å². The SMILES string of the molecule is C.CC(C)(C)c1ncc[nH]1.CNC(=O)C(C)(C)C.[2H]C([2H])(C)NC(=O)C(C)(C)C. The van der Waals surface area contributed by atoms with E-state index < -0.39 is 11.9 Å². The summed E-state index contributed by atoms with van der Waals surface area (Å²) in [5.74, 6) is 0.852. The molecule has 1 aromatic heterocycles. The molecule has 0 aliphatic heterocycles. The summed E-state index contributed by atoms with van der Waals surface area (Å²) in [4.78, 5) is 29.0. The number of nitrogens with zero attached hydrogens (tertiary/aromatic N) is 1. The van der Waals surface area contributed by atoms with E-state index in [9.17, 15) is 9.59 Å². The monoisotopic (exact) mass is 386 g/mol. The van der Waals surface area contributed by atoms with Gasteiger partial charge >= 0.3 is 0 Å². The van der Waals surface area contributed by atoms with E-state index in [4.69, 9.17) is 2.74 Å². The number of imidazole rings is 1. The number of nitrogens with one attached hydrogen (secondary N) is 3. The van der Waals surface area contributed by atoms with E-state index >= 15 is 0 Å². The number of carbonyl (C=O) groups is 2. The van der Waals surface area contributed by atoms with E-state index in [0.29, 0.717) is 0 Å². The molecule has 2 amide bonds. The van der Waals surface area contributed by atoms with Crippen LogP contribution in [-0.4, -0.2) is 35.3 Å². The first-order valence-corrected chi connectivity index (χ1v) is 8.76. The fourth-order valence-corrected chi connectivity index (χ4v) is 1.35. The molecule has 0 radical (unpaired) electrons. The molecule has 1 rings (SSSR count). The molecule has 27 heavy (non-hydrogen) atoms. The molecule has 0 bridgehead atoms. The van der Waals surface area contributed by atoms with Crippen LogP contribution >= 0.6 is 0 Å². The van der Waals surface area contributed by atoms with Crippen LogP contribution in [0.4, 0.5) is 0 Å². The van der Waals surface area contributed by atoms with Gasteiger partial charge in [0, 0.05) is 44.9 Å². The van der Waals surface area contributed by atoms with Crippen molar-refractivity contribution in [3.63, 3.8) is 0 Å². The van der Waals surface area contributed by atoms with Crippen LogP contribution in [0.15, 0.2) is 12.4 Å². The zero-order chi connectivity index (χ0) is 23.0. The number of hydrogen-bond acceptors (Lipinski definition) is 3. The van der Waals surface area contributed by atoms with Crippen molar-refractivity contribution in [1.82, 2.24) is 20.6 Å². The first-order chi connectivity index (χ1) is 12.2. The van der Waals surface area contributed by atoms with Gasteiger partial charge in [0.05, 0.1) is 0 Å². The predicted molar refractivity (Wildman–Crippen MR) is 116 cm³/mol. The summed E-state index contributed by atoms with van der Waals surface area (Å²) in [5, 5.41) is 4.82. The van der Waals surface area contributed by atoms with Crippen molar-refractivity contribution < 1.29 is 12.3 Å². The van der Waals surface area contributed by atoms with Crippen LogP contribution in [-0.2, 0) is 15.0 Å². The predicted octanol–water partition coefficient (Wildman–Crippen LogP) is 4.29. The van der Waals surface area contributed by atoms with Crippen LogP contribution in [0, 0.1) is 10.8 Å². The first kappa shape index (κ1) is 25.1. The highest BCUT2D eigenvalue weighted by Crippen LogP contribution is 2.16. The van der Waals surface area contributed by atoms with Crippen molar-refractivity contribution in [3.8, 4) is 0 Å². The Hall–Kier alpha value is -1.85. The minimum Gasteiger partial charge on any atom is -0.359 e. The Balaban J connectivity index is -0.000000348. The van der Waals surface area contributed by atoms with E-state index in [-0.39, 0.29) is 30.1 Å². The molecule has 6 heteroatoms. The Kier molecular flexibility index (Phi) is 11.7. The molecule has 160 valence electrons. The Morgan fingerprint density at radius 1 is 1.04 bits per heavy atom. The fourth-order valence-electron chi connectivity index (χ4n) is 1.35. The van der Waals surface area contributed by atoms with Crippen LogP contribution in [0.25, 0.3) is 0 Å². The number of H-pyrrole nitrogens is 1. The van der Waals surface area contributed by atoms with Gasteiger partial charge in [-0.25, -0.2) is 4.98 Å². The summed E-state index contributed by atoms with van der Waals surface area (Å²) >= 11 is 0. The third kappa shape index (κ3) is 15.0. The van der Waals surface area contributed by atoms with Crippen LogP contribution in [0.2, 0.25) is 0 Å². The summed E-state index contributed by atoms with van der Waals surface area (Å²) in [6.45, 7) is 17.0. The normalized spacial score (nSPS) is 12.6. The Morgan fingerprint density at radius 2 is 1.48 bits per heavy atom. The average Bonchev–Trinajstić information content (AvgIpc) is 2.98. The molecule has 0 atom stereocenters. The van der Waals surface area contributed by atoms with Crippen molar-refractivity contribution in [3.05, 3.63) is 18.2 Å². The summed E-state index contributed by atoms with van der Waals surface area (Å²) in [6, 6.07) is 0. The number of rotatable bonds is 1. The van der Waals surface area contributed by atoms with Gasteiger partial charge in [0.1, 0.15) is 5.82 Å². The molecule has 3 N–H and O–H groups in total. The molecule has 0 saturated carbocycles. The molecular weight excluding hydrogens is 340 g/mol. The Morgan fingerprint density at radius 3 is 1.59 bits per heavy atom. The van der Waals surface area contributed by atoms with E-state index in [1.165, 1.54) is 6.92 Å². The highest BCUT2D eigenvalue weighted by molar-refractivity contribution is 5.81. The van der Waals surface area contributed by atoms with Crippen LogP contribution in [0.1, 0.15) is 85.2 Å². The highest BCUT2D eigenvalue weighted by atomic mass is 16.2. The second-order valence-corrected chi connectivity index (χ2v) is 8.97. The lowest BCUT2D eigenvalue weighted by Crippen LogP contribution is -2.34. The number of hydrogen-bond donors (Lipinski definition) is 3. The molecular formula is C21H44N4O2. The summed E-state index contributed by atoms with van der Waals surface area (Å²) in [7, 11) is 1.65. The molecule has 0 aromatic carbocycles. The van der Waals surface area contributed by atoms with Gasteiger partial charge < -0.3 is 15.6 Å². The van der Waals surface area contributed by atoms with E-state index in [0.717, 1.165) is 5.82 Å². The maximum absolute atomic E-state index is 11.1. The van der Waals surface area contributed by atoms with Gasteiger partial charge in [-0.2, -0.15) is 0 Å². The number of aromatic amines is 1. The average molecular weight is 387 g/mol. The summed E-state index contributed by atoms with van der Waals surface area (Å²) in [6.07, 6.45) is 3.63. The molecule has 0 fully saturated rings. The van der Waals surface area contributed by atoms with E-state index in [1.54, 1.807) is 34.0 Å². The second kappa shape index (κ2) is 12.5. The molecule has 0 unspecified atom stereocenters. The summed E-state index contributed by atoms with van der Waals surface area (Å²) < 4.78 is 14.2. The highest BCUT2D eigenvalue weighted by Gasteiger charge is 2.19. The van der Waals surface area contributed by atoms with Gasteiger partial charge in [-0.1, -0.05) is 69.7 Å². The van der Waals surface area contributed by atoms with Crippen molar-refractivity contribution in [1.29, 1.82) is 0 Å². The van der Waals surface area contributed by atoms with Gasteiger partial charge in [0.2, 0.25) is 11.8 Å². The lowest BCUT2D eigenvalue weighted by Gasteiger charge is -2.16. The third-order valence-corrected chi connectivity index (χ3v) is 3.04. The lowest BCUT2D eigenvalue weighted by atomic mass is 9.96. The van der Waals surface area contributed by atoms with Crippen LogP contribution in [0.3, 0.4) is 0 Å². The fraction of sp³-hybridized carbons (Fsp3) is 0.762. The molecule has 0 saturated heterocycles. The topological polar surface area (TPSA) is 86.9 Å². The van der Waals surface area contributed by atoms with Gasteiger partial charge in [-0.3, -0.25) is 9.59 Å². The maximum Gasteiger partial charge on any atom is 0.225 e. The Labute approximate surface area is 170 Å².